The highest BCUT2D eigenvalue weighted by Gasteiger charge is 2.49. The van der Waals surface area contributed by atoms with E-state index in [1.165, 1.54) is 12.3 Å². The summed E-state index contributed by atoms with van der Waals surface area (Å²) in [7, 11) is 0. The van der Waals surface area contributed by atoms with Crippen molar-refractivity contribution >= 4 is 0 Å². The van der Waals surface area contributed by atoms with E-state index in [1.54, 1.807) is 12.1 Å². The first kappa shape index (κ1) is 31.3. The van der Waals surface area contributed by atoms with E-state index in [-0.39, 0.29) is 30.5 Å². The summed E-state index contributed by atoms with van der Waals surface area (Å²) in [5, 5.41) is 0. The number of alkyl halides is 3. The van der Waals surface area contributed by atoms with Crippen LogP contribution in [0.15, 0.2) is 24.4 Å². The summed E-state index contributed by atoms with van der Waals surface area (Å²) in [5.74, 6) is -4.29. The summed E-state index contributed by atoms with van der Waals surface area (Å²) in [5.41, 5.74) is -0.0621. The number of aryl methyl sites for hydroxylation is 1. The molecule has 2 heterocycles. The van der Waals surface area contributed by atoms with E-state index in [2.05, 4.69) is 23.8 Å². The summed E-state index contributed by atoms with van der Waals surface area (Å²) in [6, 6.07) is 4.79. The maximum atomic E-state index is 15.2. The minimum Gasteiger partial charge on any atom is -0.492 e. The number of ether oxygens (including phenoxy) is 3. The van der Waals surface area contributed by atoms with Gasteiger partial charge in [-0.1, -0.05) is 46.0 Å². The number of nitrogens with zero attached hydrogens (tertiary/aromatic N) is 2. The Balaban J connectivity index is 1.54. The van der Waals surface area contributed by atoms with Gasteiger partial charge in [0.15, 0.2) is 0 Å². The fraction of sp³-hybridized carbons (Fsp3) is 0.667. The Bertz CT molecular complexity index is 991. The van der Waals surface area contributed by atoms with Crippen molar-refractivity contribution < 1.29 is 31.8 Å². The minimum atomic E-state index is -3.60. The van der Waals surface area contributed by atoms with Gasteiger partial charge in [-0.3, -0.25) is 4.98 Å². The first-order chi connectivity index (χ1) is 18.9. The molecule has 2 unspecified atom stereocenters. The molecule has 0 saturated carbocycles. The second-order valence-electron chi connectivity index (χ2n) is 10.2. The zero-order valence-electron chi connectivity index (χ0n) is 23.2. The van der Waals surface area contributed by atoms with Crippen LogP contribution in [0.1, 0.15) is 89.2 Å². The zero-order valence-corrected chi connectivity index (χ0v) is 23.2. The van der Waals surface area contributed by atoms with Gasteiger partial charge in [0.05, 0.1) is 36.4 Å². The molecule has 1 aliphatic carbocycles. The Morgan fingerprint density at radius 2 is 1.74 bits per heavy atom. The van der Waals surface area contributed by atoms with Crippen LogP contribution < -0.4 is 4.74 Å². The van der Waals surface area contributed by atoms with Crippen LogP contribution in [0.25, 0.3) is 11.4 Å². The number of fused-ring (bicyclic) bond motifs is 1. The monoisotopic (exact) mass is 554 g/mol. The average Bonchev–Trinajstić information content (AvgIpc) is 2.92. The molecule has 2 atom stereocenters. The predicted octanol–water partition coefficient (Wildman–Crippen LogP) is 7.99. The Morgan fingerprint density at radius 3 is 2.49 bits per heavy atom. The van der Waals surface area contributed by atoms with Gasteiger partial charge in [0.1, 0.15) is 18.0 Å². The van der Waals surface area contributed by atoms with Crippen molar-refractivity contribution in [2.75, 3.05) is 26.4 Å². The maximum Gasteiger partial charge on any atom is 0.303 e. The van der Waals surface area contributed by atoms with Gasteiger partial charge in [-0.15, -0.1) is 0 Å². The van der Waals surface area contributed by atoms with Crippen LogP contribution >= 0.6 is 0 Å². The van der Waals surface area contributed by atoms with Crippen LogP contribution in [0, 0.1) is 5.95 Å². The Kier molecular flexibility index (Phi) is 12.9. The number of unbranched alkanes of at least 4 members (excludes halogenated alkanes) is 5. The first-order valence-electron chi connectivity index (χ1n) is 14.4. The van der Waals surface area contributed by atoms with Crippen LogP contribution in [-0.4, -0.2) is 48.7 Å². The minimum absolute atomic E-state index is 0.0324. The fourth-order valence-corrected chi connectivity index (χ4v) is 4.62. The standard InChI is InChI=1S/C30H42F4N2O3/c1-3-5-7-8-11-23(31)21-39-27-15-12-22-19-26(36-29(32)28(22)30(27,33)34)25-14-13-24(20-35-25)38-18-10-9-17-37-16-6-4-2/h13-14,19-20,23,27H,3-12,15-18,21H2,1-2H3. The quantitative estimate of drug-likeness (QED) is 0.106. The maximum absolute atomic E-state index is 15.2. The normalized spacial score (nSPS) is 17.1. The molecule has 0 aromatic carbocycles. The van der Waals surface area contributed by atoms with Crippen molar-refractivity contribution in [3.63, 3.8) is 0 Å². The predicted molar refractivity (Wildman–Crippen MR) is 143 cm³/mol. The van der Waals surface area contributed by atoms with Crippen LogP contribution in [0.2, 0.25) is 0 Å². The van der Waals surface area contributed by atoms with E-state index in [0.717, 1.165) is 51.6 Å². The van der Waals surface area contributed by atoms with Crippen LogP contribution in [0.3, 0.4) is 0 Å². The van der Waals surface area contributed by atoms with Crippen molar-refractivity contribution in [3.8, 4) is 17.1 Å². The molecule has 39 heavy (non-hydrogen) atoms. The molecule has 5 nitrogen and oxygen atoms in total. The summed E-state index contributed by atoms with van der Waals surface area (Å²) in [6.45, 7) is 5.78. The van der Waals surface area contributed by atoms with Gasteiger partial charge in [-0.2, -0.15) is 13.2 Å². The summed E-state index contributed by atoms with van der Waals surface area (Å²) in [6.07, 6.45) is 6.61. The topological polar surface area (TPSA) is 53.5 Å². The molecule has 0 amide bonds. The van der Waals surface area contributed by atoms with E-state index in [9.17, 15) is 8.78 Å². The van der Waals surface area contributed by atoms with Crippen molar-refractivity contribution in [1.82, 2.24) is 9.97 Å². The zero-order chi connectivity index (χ0) is 28.1. The highest BCUT2D eigenvalue weighted by molar-refractivity contribution is 5.57. The van der Waals surface area contributed by atoms with Crippen LogP contribution in [0.5, 0.6) is 5.75 Å². The Labute approximate surface area is 229 Å². The first-order valence-corrected chi connectivity index (χ1v) is 14.4. The number of hydrogen-bond acceptors (Lipinski definition) is 5. The highest BCUT2D eigenvalue weighted by Crippen LogP contribution is 2.43. The molecule has 9 heteroatoms. The third-order valence-corrected chi connectivity index (χ3v) is 6.91. The van der Waals surface area contributed by atoms with Crippen molar-refractivity contribution in [1.29, 1.82) is 0 Å². The van der Waals surface area contributed by atoms with E-state index < -0.39 is 36.3 Å². The largest absolute Gasteiger partial charge is 0.492 e. The number of halogens is 4. The lowest BCUT2D eigenvalue weighted by Gasteiger charge is -2.33. The molecule has 2 aromatic rings. The van der Waals surface area contributed by atoms with E-state index in [0.29, 0.717) is 31.1 Å². The molecule has 218 valence electrons. The SMILES string of the molecule is CCCCCCC(F)COC1CCc2cc(-c3ccc(OCCCCOCCCC)cn3)nc(F)c2C1(F)F. The number of pyridine rings is 2. The average molecular weight is 555 g/mol. The molecule has 1 aliphatic rings. The summed E-state index contributed by atoms with van der Waals surface area (Å²) < 4.78 is 76.0. The Hall–Kier alpha value is -2.26. The fourth-order valence-electron chi connectivity index (χ4n) is 4.62. The second kappa shape index (κ2) is 16.1. The van der Waals surface area contributed by atoms with Crippen LogP contribution in [-0.2, 0) is 21.8 Å². The number of aromatic nitrogens is 2. The molecule has 3 rings (SSSR count). The van der Waals surface area contributed by atoms with Gasteiger partial charge < -0.3 is 14.2 Å². The molecular formula is C30H42F4N2O3. The molecule has 0 fully saturated rings. The van der Waals surface area contributed by atoms with Crippen molar-refractivity contribution in [3.05, 3.63) is 41.5 Å². The molecule has 0 radical (unpaired) electrons. The lowest BCUT2D eigenvalue weighted by Crippen LogP contribution is -2.40. The highest BCUT2D eigenvalue weighted by atomic mass is 19.3. The molecule has 0 saturated heterocycles. The third-order valence-electron chi connectivity index (χ3n) is 6.91. The van der Waals surface area contributed by atoms with Gasteiger partial charge in [0, 0.05) is 13.2 Å². The van der Waals surface area contributed by atoms with Gasteiger partial charge >= 0.3 is 5.92 Å². The smallest absolute Gasteiger partial charge is 0.303 e. The van der Waals surface area contributed by atoms with Crippen LogP contribution in [0.4, 0.5) is 17.6 Å². The van der Waals surface area contributed by atoms with E-state index >= 15 is 8.78 Å². The molecule has 0 aliphatic heterocycles. The Morgan fingerprint density at radius 1 is 0.974 bits per heavy atom. The number of rotatable bonds is 18. The molecule has 0 N–H and O–H groups in total. The molecule has 0 bridgehead atoms. The van der Waals surface area contributed by atoms with Gasteiger partial charge in [0.2, 0.25) is 5.95 Å². The molecule has 2 aromatic heterocycles. The third kappa shape index (κ3) is 9.41. The van der Waals surface area contributed by atoms with Gasteiger partial charge in [0.25, 0.3) is 0 Å². The van der Waals surface area contributed by atoms with Crippen molar-refractivity contribution in [2.45, 2.75) is 103 Å². The summed E-state index contributed by atoms with van der Waals surface area (Å²) >= 11 is 0. The number of hydrogen-bond donors (Lipinski definition) is 0. The lowest BCUT2D eigenvalue weighted by atomic mass is 9.86. The van der Waals surface area contributed by atoms with E-state index in [1.807, 2.05) is 0 Å². The molecule has 0 spiro atoms. The van der Waals surface area contributed by atoms with Crippen molar-refractivity contribution in [2.24, 2.45) is 0 Å². The summed E-state index contributed by atoms with van der Waals surface area (Å²) in [4.78, 5) is 8.08. The van der Waals surface area contributed by atoms with Gasteiger partial charge in [-0.25, -0.2) is 9.37 Å². The lowest BCUT2D eigenvalue weighted by molar-refractivity contribution is -0.160. The van der Waals surface area contributed by atoms with Gasteiger partial charge in [-0.05, 0) is 62.3 Å². The second-order valence-corrected chi connectivity index (χ2v) is 10.2. The van der Waals surface area contributed by atoms with E-state index in [4.69, 9.17) is 14.2 Å². The molecular weight excluding hydrogens is 512 g/mol.